The maximum absolute atomic E-state index is 11.2. The fourth-order valence-corrected chi connectivity index (χ4v) is 2.12. The van der Waals surface area contributed by atoms with Gasteiger partial charge in [0.2, 0.25) is 5.91 Å². The number of hydrogen-bond donors (Lipinski definition) is 2. The van der Waals surface area contributed by atoms with Crippen molar-refractivity contribution in [3.63, 3.8) is 0 Å². The molecule has 0 aromatic heterocycles. The molecular weight excluding hydrogens is 242 g/mol. The van der Waals surface area contributed by atoms with Crippen molar-refractivity contribution in [2.75, 3.05) is 0 Å². The molecule has 1 aliphatic heterocycles. The van der Waals surface area contributed by atoms with Crippen molar-refractivity contribution in [2.24, 2.45) is 16.5 Å². The molecule has 0 aliphatic carbocycles. The van der Waals surface area contributed by atoms with Crippen LogP contribution in [0.25, 0.3) is 0 Å². The van der Waals surface area contributed by atoms with Crippen LogP contribution in [0, 0.1) is 0 Å². The number of benzene rings is 1. The molecule has 5 nitrogen and oxygen atoms in total. The summed E-state index contributed by atoms with van der Waals surface area (Å²) in [5.41, 5.74) is 11.8. The molecule has 0 fully saturated rings. The fraction of sp³-hybridized carbons (Fsp3) is 0.214. The summed E-state index contributed by atoms with van der Waals surface area (Å²) < 4.78 is 0. The Balaban J connectivity index is 2.39. The topological polar surface area (TPSA) is 98.5 Å². The minimum absolute atomic E-state index is 0.328. The number of carbonyl (C=O) groups is 2. The molecule has 98 valence electrons. The van der Waals surface area contributed by atoms with Crippen LogP contribution in [-0.4, -0.2) is 17.5 Å². The fourth-order valence-electron chi connectivity index (χ4n) is 2.12. The first-order valence-electron chi connectivity index (χ1n) is 5.87. The third kappa shape index (κ3) is 2.54. The smallest absolute Gasteiger partial charge is 0.263 e. The average molecular weight is 257 g/mol. The molecule has 0 spiro atoms. The molecule has 4 N–H and O–H groups in total. The normalized spacial score (nSPS) is 21.8. The van der Waals surface area contributed by atoms with E-state index in [9.17, 15) is 9.59 Å². The summed E-state index contributed by atoms with van der Waals surface area (Å²) in [5.74, 6) is -1.00. The standard InChI is InChI=1S/C14H15N3O2/c1-14(5-6-17-11(8-14)13(16)19)10-4-2-3-9(7-10)12(15)18/h2-7H,8H2,1H3,(H2,15,18)(H2,16,19). The predicted octanol–water partition coefficient (Wildman–Crippen LogP) is 0.887. The Kier molecular flexibility index (Phi) is 3.21. The van der Waals surface area contributed by atoms with Gasteiger partial charge in [-0.1, -0.05) is 25.1 Å². The van der Waals surface area contributed by atoms with Crippen molar-refractivity contribution in [1.82, 2.24) is 0 Å². The number of primary amides is 2. The van der Waals surface area contributed by atoms with Crippen LogP contribution in [0.1, 0.15) is 29.3 Å². The first-order valence-corrected chi connectivity index (χ1v) is 5.87. The van der Waals surface area contributed by atoms with Crippen LogP contribution in [0.2, 0.25) is 0 Å². The lowest BCUT2D eigenvalue weighted by Gasteiger charge is -2.29. The lowest BCUT2D eigenvalue weighted by Crippen LogP contribution is -2.33. The summed E-state index contributed by atoms with van der Waals surface area (Å²) in [6, 6.07) is 7.05. The van der Waals surface area contributed by atoms with Gasteiger partial charge in [-0.2, -0.15) is 0 Å². The van der Waals surface area contributed by atoms with E-state index in [0.29, 0.717) is 17.7 Å². The van der Waals surface area contributed by atoms with E-state index in [1.54, 1.807) is 24.4 Å². The number of hydrogen-bond acceptors (Lipinski definition) is 3. The highest BCUT2D eigenvalue weighted by Crippen LogP contribution is 2.32. The van der Waals surface area contributed by atoms with Crippen molar-refractivity contribution in [1.29, 1.82) is 0 Å². The number of nitrogens with two attached hydrogens (primary N) is 2. The van der Waals surface area contributed by atoms with Gasteiger partial charge in [0, 0.05) is 23.6 Å². The molecule has 0 saturated heterocycles. The molecule has 5 heteroatoms. The highest BCUT2D eigenvalue weighted by atomic mass is 16.1. The van der Waals surface area contributed by atoms with Gasteiger partial charge >= 0.3 is 0 Å². The Morgan fingerprint density at radius 1 is 1.26 bits per heavy atom. The van der Waals surface area contributed by atoms with Gasteiger partial charge in [0.25, 0.3) is 5.91 Å². The first-order chi connectivity index (χ1) is 8.92. The second-order valence-electron chi connectivity index (χ2n) is 4.80. The molecule has 1 unspecified atom stereocenters. The molecule has 0 bridgehead atoms. The van der Waals surface area contributed by atoms with Crippen molar-refractivity contribution in [3.05, 3.63) is 47.7 Å². The largest absolute Gasteiger partial charge is 0.366 e. The summed E-state index contributed by atoms with van der Waals surface area (Å²) in [6.45, 7) is 1.96. The van der Waals surface area contributed by atoms with E-state index < -0.39 is 17.2 Å². The predicted molar refractivity (Wildman–Crippen MR) is 72.7 cm³/mol. The summed E-state index contributed by atoms with van der Waals surface area (Å²) in [4.78, 5) is 26.4. The van der Waals surface area contributed by atoms with Gasteiger partial charge in [0.15, 0.2) is 0 Å². The van der Waals surface area contributed by atoms with Gasteiger partial charge in [-0.05, 0) is 17.7 Å². The van der Waals surface area contributed by atoms with E-state index in [2.05, 4.69) is 4.99 Å². The van der Waals surface area contributed by atoms with Crippen LogP contribution in [0.4, 0.5) is 0 Å². The summed E-state index contributed by atoms with van der Waals surface area (Å²) in [7, 11) is 0. The molecule has 1 aromatic carbocycles. The first kappa shape index (κ1) is 13.0. The van der Waals surface area contributed by atoms with Crippen LogP contribution in [0.15, 0.2) is 41.5 Å². The summed E-state index contributed by atoms with van der Waals surface area (Å²) >= 11 is 0. The lowest BCUT2D eigenvalue weighted by atomic mass is 9.76. The minimum atomic E-state index is -0.526. The van der Waals surface area contributed by atoms with E-state index in [0.717, 1.165) is 5.56 Å². The summed E-state index contributed by atoms with van der Waals surface area (Å²) in [6.07, 6.45) is 3.86. The van der Waals surface area contributed by atoms with Crippen molar-refractivity contribution < 1.29 is 9.59 Å². The quantitative estimate of drug-likeness (QED) is 0.840. The van der Waals surface area contributed by atoms with Crippen molar-refractivity contribution in [2.45, 2.75) is 18.8 Å². The molecule has 1 atom stereocenters. The number of aliphatic imine (C=N–C) groups is 1. The molecule has 1 heterocycles. The maximum atomic E-state index is 11.2. The van der Waals surface area contributed by atoms with Crippen LogP contribution in [-0.2, 0) is 10.2 Å². The Hall–Kier alpha value is -2.43. The molecular formula is C14H15N3O2. The second kappa shape index (κ2) is 4.68. The van der Waals surface area contributed by atoms with E-state index >= 15 is 0 Å². The Labute approximate surface area is 111 Å². The lowest BCUT2D eigenvalue weighted by molar-refractivity contribution is -0.112. The number of nitrogens with zero attached hydrogens (tertiary/aromatic N) is 1. The number of amides is 2. The van der Waals surface area contributed by atoms with E-state index in [1.165, 1.54) is 0 Å². The number of allylic oxidation sites excluding steroid dienone is 1. The third-order valence-corrected chi connectivity index (χ3v) is 3.30. The van der Waals surface area contributed by atoms with E-state index in [4.69, 9.17) is 11.5 Å². The highest BCUT2D eigenvalue weighted by molar-refractivity contribution is 6.38. The van der Waals surface area contributed by atoms with E-state index in [1.807, 2.05) is 19.1 Å². The third-order valence-electron chi connectivity index (χ3n) is 3.30. The van der Waals surface area contributed by atoms with Crippen molar-refractivity contribution in [3.8, 4) is 0 Å². The van der Waals surface area contributed by atoms with E-state index in [-0.39, 0.29) is 0 Å². The van der Waals surface area contributed by atoms with Gasteiger partial charge in [0.1, 0.15) is 5.71 Å². The van der Waals surface area contributed by atoms with Gasteiger partial charge in [-0.3, -0.25) is 14.6 Å². The van der Waals surface area contributed by atoms with Gasteiger partial charge in [0.05, 0.1) is 0 Å². The van der Waals surface area contributed by atoms with Gasteiger partial charge in [-0.15, -0.1) is 0 Å². The molecule has 2 amide bonds. The highest BCUT2D eigenvalue weighted by Gasteiger charge is 2.30. The number of rotatable bonds is 3. The second-order valence-corrected chi connectivity index (χ2v) is 4.80. The number of carbonyl (C=O) groups excluding carboxylic acids is 2. The molecule has 1 aromatic rings. The molecule has 2 rings (SSSR count). The summed E-state index contributed by atoms with van der Waals surface area (Å²) in [5, 5.41) is 0. The Morgan fingerprint density at radius 3 is 2.63 bits per heavy atom. The minimum Gasteiger partial charge on any atom is -0.366 e. The van der Waals surface area contributed by atoms with Crippen LogP contribution in [0.5, 0.6) is 0 Å². The average Bonchev–Trinajstić information content (AvgIpc) is 2.39. The molecule has 19 heavy (non-hydrogen) atoms. The molecule has 0 saturated carbocycles. The maximum Gasteiger partial charge on any atom is 0.263 e. The van der Waals surface area contributed by atoms with Crippen LogP contribution in [0.3, 0.4) is 0 Å². The Morgan fingerprint density at radius 2 is 2.00 bits per heavy atom. The zero-order chi connectivity index (χ0) is 14.0. The van der Waals surface area contributed by atoms with Gasteiger partial charge < -0.3 is 11.5 Å². The Bertz CT molecular complexity index is 604. The van der Waals surface area contributed by atoms with Crippen molar-refractivity contribution >= 4 is 17.5 Å². The molecule has 1 aliphatic rings. The van der Waals surface area contributed by atoms with Crippen LogP contribution < -0.4 is 11.5 Å². The molecule has 0 radical (unpaired) electrons. The van der Waals surface area contributed by atoms with Gasteiger partial charge in [-0.25, -0.2) is 0 Å². The van der Waals surface area contributed by atoms with Crippen LogP contribution >= 0.6 is 0 Å². The zero-order valence-corrected chi connectivity index (χ0v) is 10.6. The monoisotopic (exact) mass is 257 g/mol. The zero-order valence-electron chi connectivity index (χ0n) is 10.6. The SMILES string of the molecule is CC1(c2cccc(C(N)=O)c2)C=CN=C(C(N)=O)C1.